The van der Waals surface area contributed by atoms with Crippen molar-refractivity contribution in [1.82, 2.24) is 0 Å². The van der Waals surface area contributed by atoms with Crippen molar-refractivity contribution < 1.29 is 31.9 Å². The normalized spacial score (nSPS) is 15.4. The Morgan fingerprint density at radius 2 is 1.85 bits per heavy atom. The molecule has 0 saturated carbocycles. The van der Waals surface area contributed by atoms with E-state index < -0.39 is 23.6 Å². The van der Waals surface area contributed by atoms with Crippen LogP contribution in [0, 0.1) is 0 Å². The van der Waals surface area contributed by atoms with Gasteiger partial charge in [0.05, 0.1) is 28.8 Å². The van der Waals surface area contributed by atoms with E-state index in [4.69, 9.17) is 16.6 Å². The first-order chi connectivity index (χ1) is 15.7. The predicted octanol–water partition coefficient (Wildman–Crippen LogP) is 6.16. The number of thioether (sulfide) groups is 1. The zero-order chi connectivity index (χ0) is 23.8. The maximum absolute atomic E-state index is 13.0. The molecule has 0 unspecified atom stereocenters. The lowest BCUT2D eigenvalue weighted by molar-refractivity contribution is -0.137. The zero-order valence-electron chi connectivity index (χ0n) is 16.9. The first kappa shape index (κ1) is 22.8. The number of rotatable bonds is 4. The molecular formula is C23H14F3NO4S2. The van der Waals surface area contributed by atoms with E-state index in [-0.39, 0.29) is 14.9 Å². The molecular weight excluding hydrogens is 475 g/mol. The van der Waals surface area contributed by atoms with Gasteiger partial charge in [0.25, 0.3) is 5.91 Å². The quantitative estimate of drug-likeness (QED) is 0.249. The fraction of sp³-hybridized carbons (Fsp3) is 0.0870. The van der Waals surface area contributed by atoms with E-state index in [1.54, 1.807) is 36.4 Å². The number of anilines is 1. The fourth-order valence-corrected chi connectivity index (χ4v) is 4.39. The summed E-state index contributed by atoms with van der Waals surface area (Å²) in [6.45, 7) is 0. The minimum absolute atomic E-state index is 0.0431. The van der Waals surface area contributed by atoms with Crippen molar-refractivity contribution in [3.05, 3.63) is 82.5 Å². The number of halogens is 3. The lowest BCUT2D eigenvalue weighted by Gasteiger charge is -2.16. The topological polar surface area (TPSA) is 59.8 Å². The number of benzene rings is 2. The van der Waals surface area contributed by atoms with Crippen molar-refractivity contribution in [3.8, 4) is 11.3 Å². The highest BCUT2D eigenvalue weighted by Gasteiger charge is 2.36. The Morgan fingerprint density at radius 3 is 2.52 bits per heavy atom. The minimum atomic E-state index is -4.54. The van der Waals surface area contributed by atoms with Crippen LogP contribution in [0.1, 0.15) is 21.7 Å². The maximum Gasteiger partial charge on any atom is 0.416 e. The number of hydrogen-bond acceptors (Lipinski definition) is 6. The molecule has 0 aliphatic carbocycles. The SMILES string of the molecule is COC(=O)c1ccc(-c2ccc(/C=C3\SC(=S)N(c4cccc(C(F)(F)F)c4)C3=O)o2)cc1. The standard InChI is InChI=1S/C23H14F3NO4S2/c1-30-21(29)14-7-5-13(6-8-14)18-10-9-17(31-18)12-19-20(28)27(22(32)33-19)16-4-2-3-15(11-16)23(24,25)26/h2-12H,1H3/b19-12-. The molecule has 1 amide bonds. The first-order valence-corrected chi connectivity index (χ1v) is 10.6. The van der Waals surface area contributed by atoms with Gasteiger partial charge in [0.15, 0.2) is 4.32 Å². The van der Waals surface area contributed by atoms with Gasteiger partial charge in [-0.25, -0.2) is 4.79 Å². The molecule has 4 rings (SSSR count). The summed E-state index contributed by atoms with van der Waals surface area (Å²) in [4.78, 5) is 25.7. The monoisotopic (exact) mass is 489 g/mol. The summed E-state index contributed by atoms with van der Waals surface area (Å²) in [7, 11) is 1.30. The summed E-state index contributed by atoms with van der Waals surface area (Å²) in [5.74, 6) is -0.119. The Kier molecular flexibility index (Phi) is 6.13. The highest BCUT2D eigenvalue weighted by Crippen LogP contribution is 2.38. The average molecular weight is 489 g/mol. The third kappa shape index (κ3) is 4.71. The van der Waals surface area contributed by atoms with Gasteiger partial charge in [-0.15, -0.1) is 0 Å². The minimum Gasteiger partial charge on any atom is -0.465 e. The van der Waals surface area contributed by atoms with Crippen LogP contribution in [-0.2, 0) is 15.7 Å². The van der Waals surface area contributed by atoms with Crippen molar-refractivity contribution in [1.29, 1.82) is 0 Å². The summed E-state index contributed by atoms with van der Waals surface area (Å²) in [5, 5.41) is 0. The number of alkyl halides is 3. The van der Waals surface area contributed by atoms with Crippen molar-refractivity contribution in [3.63, 3.8) is 0 Å². The van der Waals surface area contributed by atoms with Crippen LogP contribution < -0.4 is 4.90 Å². The number of hydrogen-bond donors (Lipinski definition) is 0. The highest BCUT2D eigenvalue weighted by molar-refractivity contribution is 8.27. The Balaban J connectivity index is 1.56. The van der Waals surface area contributed by atoms with Crippen molar-refractivity contribution in [2.45, 2.75) is 6.18 Å². The molecule has 1 aliphatic rings. The van der Waals surface area contributed by atoms with Gasteiger partial charge in [0.1, 0.15) is 11.5 Å². The third-order valence-electron chi connectivity index (χ3n) is 4.72. The molecule has 2 aromatic carbocycles. The van der Waals surface area contributed by atoms with Crippen LogP contribution >= 0.6 is 24.0 Å². The summed E-state index contributed by atoms with van der Waals surface area (Å²) >= 11 is 6.21. The van der Waals surface area contributed by atoms with Gasteiger partial charge in [-0.1, -0.05) is 42.2 Å². The summed E-state index contributed by atoms with van der Waals surface area (Å²) in [6.07, 6.45) is -3.05. The Morgan fingerprint density at radius 1 is 1.12 bits per heavy atom. The molecule has 0 spiro atoms. The zero-order valence-corrected chi connectivity index (χ0v) is 18.5. The predicted molar refractivity (Wildman–Crippen MR) is 123 cm³/mol. The smallest absolute Gasteiger partial charge is 0.416 e. The van der Waals surface area contributed by atoms with Gasteiger partial charge < -0.3 is 9.15 Å². The van der Waals surface area contributed by atoms with E-state index >= 15 is 0 Å². The molecule has 0 bridgehead atoms. The second kappa shape index (κ2) is 8.87. The van der Waals surface area contributed by atoms with Gasteiger partial charge in [-0.05, 0) is 42.5 Å². The number of ether oxygens (including phenoxy) is 1. The molecule has 3 aromatic rings. The maximum atomic E-state index is 13.0. The molecule has 1 aliphatic heterocycles. The number of amides is 1. The molecule has 5 nitrogen and oxygen atoms in total. The Labute approximate surface area is 195 Å². The van der Waals surface area contributed by atoms with Crippen LogP contribution in [0.3, 0.4) is 0 Å². The van der Waals surface area contributed by atoms with E-state index in [0.29, 0.717) is 22.6 Å². The molecule has 0 N–H and O–H groups in total. The molecule has 33 heavy (non-hydrogen) atoms. The highest BCUT2D eigenvalue weighted by atomic mass is 32.2. The molecule has 0 atom stereocenters. The van der Waals surface area contributed by atoms with E-state index in [9.17, 15) is 22.8 Å². The van der Waals surface area contributed by atoms with E-state index in [0.717, 1.165) is 28.8 Å². The number of methoxy groups -OCH3 is 1. The molecule has 168 valence electrons. The van der Waals surface area contributed by atoms with Crippen LogP contribution in [0.5, 0.6) is 0 Å². The fourth-order valence-electron chi connectivity index (χ4n) is 3.11. The lowest BCUT2D eigenvalue weighted by Crippen LogP contribution is -2.27. The van der Waals surface area contributed by atoms with Gasteiger partial charge in [-0.2, -0.15) is 13.2 Å². The van der Waals surface area contributed by atoms with E-state index in [1.165, 1.54) is 25.3 Å². The van der Waals surface area contributed by atoms with Crippen LogP contribution in [0.15, 0.2) is 70.0 Å². The molecule has 2 heterocycles. The molecule has 10 heteroatoms. The molecule has 1 saturated heterocycles. The number of carbonyl (C=O) groups is 2. The number of nitrogens with zero attached hydrogens (tertiary/aromatic N) is 1. The number of thiocarbonyl (C=S) groups is 1. The first-order valence-electron chi connectivity index (χ1n) is 9.41. The van der Waals surface area contributed by atoms with Crippen LogP contribution in [0.4, 0.5) is 18.9 Å². The Hall–Kier alpha value is -3.37. The van der Waals surface area contributed by atoms with Gasteiger partial charge >= 0.3 is 12.1 Å². The van der Waals surface area contributed by atoms with Crippen LogP contribution in [0.2, 0.25) is 0 Å². The second-order valence-corrected chi connectivity index (χ2v) is 8.51. The van der Waals surface area contributed by atoms with Crippen molar-refractivity contribution >= 4 is 51.9 Å². The average Bonchev–Trinajstić information content (AvgIpc) is 3.37. The number of esters is 1. The second-order valence-electron chi connectivity index (χ2n) is 6.84. The third-order valence-corrected chi connectivity index (χ3v) is 6.02. The van der Waals surface area contributed by atoms with Gasteiger partial charge in [0.2, 0.25) is 0 Å². The molecule has 0 radical (unpaired) electrons. The molecule has 1 aromatic heterocycles. The Bertz CT molecular complexity index is 1280. The van der Waals surface area contributed by atoms with E-state index in [2.05, 4.69) is 4.74 Å². The van der Waals surface area contributed by atoms with Gasteiger partial charge in [-0.3, -0.25) is 9.69 Å². The van der Waals surface area contributed by atoms with Crippen LogP contribution in [0.25, 0.3) is 17.4 Å². The van der Waals surface area contributed by atoms with Crippen molar-refractivity contribution in [2.75, 3.05) is 12.0 Å². The number of carbonyl (C=O) groups excluding carboxylic acids is 2. The number of furan rings is 1. The summed E-state index contributed by atoms with van der Waals surface area (Å²) < 4.78 is 49.7. The van der Waals surface area contributed by atoms with Gasteiger partial charge in [0, 0.05) is 11.6 Å². The largest absolute Gasteiger partial charge is 0.465 e. The van der Waals surface area contributed by atoms with E-state index in [1.807, 2.05) is 0 Å². The summed E-state index contributed by atoms with van der Waals surface area (Å²) in [6, 6.07) is 14.4. The summed E-state index contributed by atoms with van der Waals surface area (Å²) in [5.41, 5.74) is 0.276. The van der Waals surface area contributed by atoms with Crippen LogP contribution in [-0.4, -0.2) is 23.3 Å². The van der Waals surface area contributed by atoms with Crippen molar-refractivity contribution in [2.24, 2.45) is 0 Å². The lowest BCUT2D eigenvalue weighted by atomic mass is 10.1. The molecule has 1 fully saturated rings.